The number of carbonyl (C=O) groups is 2. The molecule has 0 heterocycles. The molecule has 0 spiro atoms. The normalized spacial score (nSPS) is 11.6. The zero-order valence-corrected chi connectivity index (χ0v) is 12.5. The zero-order valence-electron chi connectivity index (χ0n) is 12.5. The van der Waals surface area contributed by atoms with Crippen LogP contribution in [0.3, 0.4) is 0 Å². The lowest BCUT2D eigenvalue weighted by Crippen LogP contribution is -2.46. The van der Waals surface area contributed by atoms with Gasteiger partial charge in [0.1, 0.15) is 11.8 Å². The summed E-state index contributed by atoms with van der Waals surface area (Å²) >= 11 is 0. The van der Waals surface area contributed by atoms with Crippen molar-refractivity contribution >= 4 is 11.8 Å². The SMILES string of the molecule is CCC(=O)N(Cc1cccc(OC)c1)[C@@H](C)C(=O)NC. The molecule has 1 rings (SSSR count). The second kappa shape index (κ2) is 7.53. The number of nitrogens with one attached hydrogen (secondary N) is 1. The van der Waals surface area contributed by atoms with E-state index in [4.69, 9.17) is 4.74 Å². The Bertz CT molecular complexity index is 474. The molecule has 0 aliphatic rings. The maximum absolute atomic E-state index is 12.0. The molecule has 0 bridgehead atoms. The van der Waals surface area contributed by atoms with E-state index in [0.717, 1.165) is 11.3 Å². The number of hydrogen-bond acceptors (Lipinski definition) is 3. The summed E-state index contributed by atoms with van der Waals surface area (Å²) in [6.45, 7) is 3.91. The van der Waals surface area contributed by atoms with Crippen molar-refractivity contribution in [3.05, 3.63) is 29.8 Å². The molecule has 0 unspecified atom stereocenters. The maximum Gasteiger partial charge on any atom is 0.242 e. The average molecular weight is 278 g/mol. The standard InChI is InChI=1S/C15H22N2O3/c1-5-14(18)17(11(2)15(19)16-3)10-12-7-6-8-13(9-12)20-4/h6-9,11H,5,10H2,1-4H3,(H,16,19)/t11-/m0/s1. The molecule has 0 saturated heterocycles. The molecular formula is C15H22N2O3. The van der Waals surface area contributed by atoms with Crippen molar-refractivity contribution in [1.82, 2.24) is 10.2 Å². The third kappa shape index (κ3) is 3.98. The van der Waals surface area contributed by atoms with E-state index in [1.807, 2.05) is 24.3 Å². The first kappa shape index (κ1) is 16.0. The highest BCUT2D eigenvalue weighted by Gasteiger charge is 2.24. The van der Waals surface area contributed by atoms with E-state index in [9.17, 15) is 9.59 Å². The van der Waals surface area contributed by atoms with Gasteiger partial charge in [-0.15, -0.1) is 0 Å². The lowest BCUT2D eigenvalue weighted by atomic mass is 10.1. The van der Waals surface area contributed by atoms with Gasteiger partial charge in [0.25, 0.3) is 0 Å². The predicted molar refractivity (Wildman–Crippen MR) is 77.4 cm³/mol. The maximum atomic E-state index is 12.0. The molecule has 0 saturated carbocycles. The number of benzene rings is 1. The van der Waals surface area contributed by atoms with Crippen LogP contribution in [0.15, 0.2) is 24.3 Å². The Morgan fingerprint density at radius 3 is 2.65 bits per heavy atom. The second-order valence-corrected chi connectivity index (χ2v) is 4.52. The van der Waals surface area contributed by atoms with E-state index in [2.05, 4.69) is 5.32 Å². The summed E-state index contributed by atoms with van der Waals surface area (Å²) in [5, 5.41) is 2.57. The summed E-state index contributed by atoms with van der Waals surface area (Å²) in [4.78, 5) is 25.4. The van der Waals surface area contributed by atoms with E-state index in [1.54, 1.807) is 32.9 Å². The highest BCUT2D eigenvalue weighted by Crippen LogP contribution is 2.16. The third-order valence-electron chi connectivity index (χ3n) is 3.20. The minimum Gasteiger partial charge on any atom is -0.497 e. The van der Waals surface area contributed by atoms with Crippen LogP contribution in [-0.4, -0.2) is 36.9 Å². The van der Waals surface area contributed by atoms with Crippen molar-refractivity contribution < 1.29 is 14.3 Å². The quantitative estimate of drug-likeness (QED) is 0.859. The van der Waals surface area contributed by atoms with Crippen LogP contribution in [0.4, 0.5) is 0 Å². The molecule has 0 aliphatic heterocycles. The van der Waals surface area contributed by atoms with Gasteiger partial charge in [-0.05, 0) is 24.6 Å². The van der Waals surface area contributed by atoms with Gasteiger partial charge in [-0.25, -0.2) is 0 Å². The largest absolute Gasteiger partial charge is 0.497 e. The Kier molecular flexibility index (Phi) is 6.03. The van der Waals surface area contributed by atoms with Gasteiger partial charge in [0.2, 0.25) is 11.8 Å². The van der Waals surface area contributed by atoms with Gasteiger partial charge in [0.05, 0.1) is 7.11 Å². The van der Waals surface area contributed by atoms with Crippen LogP contribution < -0.4 is 10.1 Å². The summed E-state index contributed by atoms with van der Waals surface area (Å²) < 4.78 is 5.17. The monoisotopic (exact) mass is 278 g/mol. The van der Waals surface area contributed by atoms with Crippen LogP contribution in [0.1, 0.15) is 25.8 Å². The van der Waals surface area contributed by atoms with Gasteiger partial charge in [-0.1, -0.05) is 19.1 Å². The Balaban J connectivity index is 2.94. The molecule has 110 valence electrons. The number of rotatable bonds is 6. The minimum absolute atomic E-state index is 0.0519. The first-order valence-electron chi connectivity index (χ1n) is 6.67. The highest BCUT2D eigenvalue weighted by molar-refractivity contribution is 5.87. The minimum atomic E-state index is -0.501. The Hall–Kier alpha value is -2.04. The summed E-state index contributed by atoms with van der Waals surface area (Å²) in [6, 6.07) is 6.99. The smallest absolute Gasteiger partial charge is 0.242 e. The Morgan fingerprint density at radius 1 is 1.40 bits per heavy atom. The fourth-order valence-electron chi connectivity index (χ4n) is 1.96. The molecule has 0 aliphatic carbocycles. The van der Waals surface area contributed by atoms with E-state index < -0.39 is 6.04 Å². The molecule has 1 atom stereocenters. The molecule has 20 heavy (non-hydrogen) atoms. The van der Waals surface area contributed by atoms with Crippen molar-refractivity contribution in [2.45, 2.75) is 32.9 Å². The molecule has 2 amide bonds. The summed E-state index contributed by atoms with van der Waals surface area (Å²) in [6.07, 6.45) is 0.366. The predicted octanol–water partition coefficient (Wildman–Crippen LogP) is 1.57. The van der Waals surface area contributed by atoms with Crippen LogP contribution in [0.2, 0.25) is 0 Å². The molecule has 0 radical (unpaired) electrons. The topological polar surface area (TPSA) is 58.6 Å². The van der Waals surface area contributed by atoms with Crippen LogP contribution >= 0.6 is 0 Å². The number of nitrogens with zero attached hydrogens (tertiary/aromatic N) is 1. The highest BCUT2D eigenvalue weighted by atomic mass is 16.5. The van der Waals surface area contributed by atoms with Crippen LogP contribution in [0.25, 0.3) is 0 Å². The number of amides is 2. The number of methoxy groups -OCH3 is 1. The molecule has 0 fully saturated rings. The number of ether oxygens (including phenoxy) is 1. The van der Waals surface area contributed by atoms with Gasteiger partial charge in [0, 0.05) is 20.0 Å². The third-order valence-corrected chi connectivity index (χ3v) is 3.20. The average Bonchev–Trinajstić information content (AvgIpc) is 2.50. The number of hydrogen-bond donors (Lipinski definition) is 1. The lowest BCUT2D eigenvalue weighted by molar-refractivity contribution is -0.140. The second-order valence-electron chi connectivity index (χ2n) is 4.52. The van der Waals surface area contributed by atoms with Crippen molar-refractivity contribution in [2.75, 3.05) is 14.2 Å². The van der Waals surface area contributed by atoms with Gasteiger partial charge in [0.15, 0.2) is 0 Å². The molecule has 5 nitrogen and oxygen atoms in total. The fourth-order valence-corrected chi connectivity index (χ4v) is 1.96. The zero-order chi connectivity index (χ0) is 15.1. The lowest BCUT2D eigenvalue weighted by Gasteiger charge is -2.28. The molecule has 1 aromatic carbocycles. The van der Waals surface area contributed by atoms with Crippen molar-refractivity contribution in [2.24, 2.45) is 0 Å². The fraction of sp³-hybridized carbons (Fsp3) is 0.467. The Morgan fingerprint density at radius 2 is 2.10 bits per heavy atom. The van der Waals surface area contributed by atoms with Crippen molar-refractivity contribution in [3.8, 4) is 5.75 Å². The van der Waals surface area contributed by atoms with E-state index in [1.165, 1.54) is 0 Å². The van der Waals surface area contributed by atoms with E-state index in [0.29, 0.717) is 13.0 Å². The molecular weight excluding hydrogens is 256 g/mol. The molecule has 1 aromatic rings. The van der Waals surface area contributed by atoms with Gasteiger partial charge >= 0.3 is 0 Å². The molecule has 0 aromatic heterocycles. The van der Waals surface area contributed by atoms with E-state index in [-0.39, 0.29) is 11.8 Å². The first-order chi connectivity index (χ1) is 9.53. The van der Waals surface area contributed by atoms with Crippen molar-refractivity contribution in [1.29, 1.82) is 0 Å². The number of likely N-dealkylation sites (N-methyl/N-ethyl adjacent to an activating group) is 1. The summed E-state index contributed by atoms with van der Waals surface area (Å²) in [5.41, 5.74) is 0.932. The van der Waals surface area contributed by atoms with Gasteiger partial charge < -0.3 is 15.0 Å². The van der Waals surface area contributed by atoms with Gasteiger partial charge in [-0.3, -0.25) is 9.59 Å². The molecule has 5 heteroatoms. The number of carbonyl (C=O) groups excluding carboxylic acids is 2. The van der Waals surface area contributed by atoms with Crippen LogP contribution in [-0.2, 0) is 16.1 Å². The summed E-state index contributed by atoms with van der Waals surface area (Å²) in [7, 11) is 3.17. The van der Waals surface area contributed by atoms with Gasteiger partial charge in [-0.2, -0.15) is 0 Å². The summed E-state index contributed by atoms with van der Waals surface area (Å²) in [5.74, 6) is 0.512. The van der Waals surface area contributed by atoms with E-state index >= 15 is 0 Å². The van der Waals surface area contributed by atoms with Crippen LogP contribution in [0.5, 0.6) is 5.75 Å². The van der Waals surface area contributed by atoms with Crippen LogP contribution in [0, 0.1) is 0 Å². The first-order valence-corrected chi connectivity index (χ1v) is 6.67. The molecule has 1 N–H and O–H groups in total. The van der Waals surface area contributed by atoms with Crippen molar-refractivity contribution in [3.63, 3.8) is 0 Å². The Labute approximate surface area is 119 Å².